The van der Waals surface area contributed by atoms with Gasteiger partial charge in [0.05, 0.1) is 0 Å². The highest BCUT2D eigenvalue weighted by Gasteiger charge is 2.35. The Hall–Kier alpha value is 0.660. The van der Waals surface area contributed by atoms with Gasteiger partial charge in [-0.3, -0.25) is 0 Å². The lowest BCUT2D eigenvalue weighted by Gasteiger charge is -2.44. The van der Waals surface area contributed by atoms with Crippen molar-refractivity contribution in [3.63, 3.8) is 0 Å². The van der Waals surface area contributed by atoms with Crippen molar-refractivity contribution in [2.45, 2.75) is 52.0 Å². The molecule has 1 aliphatic heterocycles. The van der Waals surface area contributed by atoms with Gasteiger partial charge in [-0.05, 0) is 30.6 Å². The lowest BCUT2D eigenvalue weighted by Crippen LogP contribution is -2.50. The number of nitrogens with one attached hydrogen (secondary N) is 1. The molecule has 0 unspecified atom stereocenters. The van der Waals surface area contributed by atoms with Crippen LogP contribution in [-0.4, -0.2) is 12.6 Å². The first-order valence-electron chi connectivity index (χ1n) is 5.41. The highest BCUT2D eigenvalue weighted by molar-refractivity contribution is 7.59. The fraction of sp³-hybridized carbons (Fsp3) is 1.00. The molecule has 14 heavy (non-hydrogen) atoms. The molecule has 0 spiro atoms. The third kappa shape index (κ3) is 3.35. The Morgan fingerprint density at radius 3 is 2.43 bits per heavy atom. The third-order valence-electron chi connectivity index (χ3n) is 3.57. The average molecular weight is 235 g/mol. The molecule has 1 saturated heterocycles. The minimum atomic E-state index is 0. The standard InChI is InChI=1S/C11H21N.2H2S/c1-11(2)7-9-5-3-4-6-10(9)12-8-11;;/h9-10,12H,3-8H2,1-2H3;2*1H2/t9-,10+;;/m1../s1. The first-order valence-corrected chi connectivity index (χ1v) is 5.41. The molecule has 86 valence electrons. The van der Waals surface area contributed by atoms with Crippen LogP contribution in [0.15, 0.2) is 0 Å². The molecule has 2 fully saturated rings. The van der Waals surface area contributed by atoms with E-state index in [1.165, 1.54) is 38.6 Å². The molecular formula is C11H25NS2. The van der Waals surface area contributed by atoms with Crippen LogP contribution < -0.4 is 5.32 Å². The average Bonchev–Trinajstić information content (AvgIpc) is 2.02. The van der Waals surface area contributed by atoms with E-state index >= 15 is 0 Å². The second kappa shape index (κ2) is 5.66. The highest BCUT2D eigenvalue weighted by Crippen LogP contribution is 2.37. The first kappa shape index (κ1) is 14.7. The zero-order valence-corrected chi connectivity index (χ0v) is 11.4. The van der Waals surface area contributed by atoms with Gasteiger partial charge in [-0.2, -0.15) is 27.0 Å². The van der Waals surface area contributed by atoms with Crippen molar-refractivity contribution < 1.29 is 0 Å². The van der Waals surface area contributed by atoms with Crippen molar-refractivity contribution in [2.75, 3.05) is 6.54 Å². The minimum Gasteiger partial charge on any atom is -0.313 e. The van der Waals surface area contributed by atoms with Crippen molar-refractivity contribution in [1.29, 1.82) is 0 Å². The molecule has 2 atom stereocenters. The lowest BCUT2D eigenvalue weighted by molar-refractivity contribution is 0.117. The summed E-state index contributed by atoms with van der Waals surface area (Å²) < 4.78 is 0. The molecule has 2 aliphatic rings. The first-order chi connectivity index (χ1) is 5.67. The van der Waals surface area contributed by atoms with E-state index in [2.05, 4.69) is 19.2 Å². The Labute approximate surface area is 102 Å². The summed E-state index contributed by atoms with van der Waals surface area (Å²) in [4.78, 5) is 0. The van der Waals surface area contributed by atoms with Gasteiger partial charge in [0, 0.05) is 12.6 Å². The van der Waals surface area contributed by atoms with Gasteiger partial charge in [-0.15, -0.1) is 0 Å². The van der Waals surface area contributed by atoms with Crippen LogP contribution in [0.5, 0.6) is 0 Å². The largest absolute Gasteiger partial charge is 0.313 e. The van der Waals surface area contributed by atoms with Gasteiger partial charge >= 0.3 is 0 Å². The molecule has 1 aliphatic carbocycles. The van der Waals surface area contributed by atoms with E-state index in [-0.39, 0.29) is 27.0 Å². The maximum absolute atomic E-state index is 3.71. The Bertz CT molecular complexity index is 171. The van der Waals surface area contributed by atoms with Gasteiger partial charge in [0.15, 0.2) is 0 Å². The van der Waals surface area contributed by atoms with Crippen molar-refractivity contribution >= 4 is 27.0 Å². The summed E-state index contributed by atoms with van der Waals surface area (Å²) in [6.45, 7) is 6.02. The monoisotopic (exact) mass is 235 g/mol. The lowest BCUT2D eigenvalue weighted by atomic mass is 9.71. The SMILES string of the molecule is CC1(C)CN[C@H]2CCCC[C@@H]2C1.S.S. The molecule has 1 nitrogen and oxygen atoms in total. The zero-order valence-electron chi connectivity index (χ0n) is 9.40. The van der Waals surface area contributed by atoms with E-state index in [1.54, 1.807) is 0 Å². The third-order valence-corrected chi connectivity index (χ3v) is 3.57. The van der Waals surface area contributed by atoms with Crippen LogP contribution in [-0.2, 0) is 0 Å². The van der Waals surface area contributed by atoms with Crippen LogP contribution in [0.2, 0.25) is 0 Å². The van der Waals surface area contributed by atoms with Crippen LogP contribution in [0, 0.1) is 11.3 Å². The molecule has 0 aromatic rings. The molecule has 2 rings (SSSR count). The maximum atomic E-state index is 3.71. The van der Waals surface area contributed by atoms with Gasteiger partial charge in [0.1, 0.15) is 0 Å². The van der Waals surface area contributed by atoms with Gasteiger partial charge in [-0.25, -0.2) is 0 Å². The van der Waals surface area contributed by atoms with Crippen LogP contribution in [0.1, 0.15) is 46.0 Å². The Balaban J connectivity index is 0.000000845. The zero-order chi connectivity index (χ0) is 8.60. The molecule has 3 heteroatoms. The summed E-state index contributed by atoms with van der Waals surface area (Å²) in [7, 11) is 0. The van der Waals surface area contributed by atoms with Crippen molar-refractivity contribution in [2.24, 2.45) is 11.3 Å². The van der Waals surface area contributed by atoms with E-state index in [0.29, 0.717) is 5.41 Å². The maximum Gasteiger partial charge on any atom is 0.00957 e. The summed E-state index contributed by atoms with van der Waals surface area (Å²) in [5.41, 5.74) is 0.554. The van der Waals surface area contributed by atoms with E-state index in [1.807, 2.05) is 0 Å². The number of hydrogen-bond donors (Lipinski definition) is 1. The molecular weight excluding hydrogens is 210 g/mol. The smallest absolute Gasteiger partial charge is 0.00957 e. The quantitative estimate of drug-likeness (QED) is 0.681. The van der Waals surface area contributed by atoms with E-state index in [4.69, 9.17) is 0 Å². The molecule has 0 aromatic carbocycles. The molecule has 0 bridgehead atoms. The minimum absolute atomic E-state index is 0. The molecule has 0 radical (unpaired) electrons. The normalized spacial score (nSPS) is 34.7. The van der Waals surface area contributed by atoms with Crippen molar-refractivity contribution in [3.05, 3.63) is 0 Å². The summed E-state index contributed by atoms with van der Waals surface area (Å²) >= 11 is 0. The van der Waals surface area contributed by atoms with Crippen LogP contribution in [0.4, 0.5) is 0 Å². The fourth-order valence-electron chi connectivity index (χ4n) is 2.91. The molecule has 0 aromatic heterocycles. The predicted octanol–water partition coefficient (Wildman–Crippen LogP) is 2.79. The van der Waals surface area contributed by atoms with E-state index in [9.17, 15) is 0 Å². The fourth-order valence-corrected chi connectivity index (χ4v) is 2.91. The summed E-state index contributed by atoms with van der Waals surface area (Å²) in [5.74, 6) is 0.988. The number of fused-ring (bicyclic) bond motifs is 1. The molecule has 1 heterocycles. The second-order valence-electron chi connectivity index (χ2n) is 5.40. The Morgan fingerprint density at radius 2 is 1.71 bits per heavy atom. The van der Waals surface area contributed by atoms with E-state index < -0.39 is 0 Å². The van der Waals surface area contributed by atoms with Crippen LogP contribution in [0.25, 0.3) is 0 Å². The highest BCUT2D eigenvalue weighted by atomic mass is 32.1. The Kier molecular flexibility index (Phi) is 5.93. The van der Waals surface area contributed by atoms with Crippen LogP contribution in [0.3, 0.4) is 0 Å². The van der Waals surface area contributed by atoms with Gasteiger partial charge in [-0.1, -0.05) is 26.7 Å². The van der Waals surface area contributed by atoms with Gasteiger partial charge < -0.3 is 5.32 Å². The summed E-state index contributed by atoms with van der Waals surface area (Å²) in [6.07, 6.45) is 7.28. The predicted molar refractivity (Wildman–Crippen MR) is 72.9 cm³/mol. The van der Waals surface area contributed by atoms with Gasteiger partial charge in [0.2, 0.25) is 0 Å². The number of hydrogen-bond acceptors (Lipinski definition) is 1. The molecule has 0 amide bonds. The second-order valence-corrected chi connectivity index (χ2v) is 5.40. The summed E-state index contributed by atoms with van der Waals surface area (Å²) in [5, 5.41) is 3.71. The van der Waals surface area contributed by atoms with Gasteiger partial charge in [0.25, 0.3) is 0 Å². The molecule has 1 N–H and O–H groups in total. The number of rotatable bonds is 0. The number of piperidine rings is 1. The van der Waals surface area contributed by atoms with E-state index in [0.717, 1.165) is 12.0 Å². The topological polar surface area (TPSA) is 12.0 Å². The van der Waals surface area contributed by atoms with Crippen LogP contribution >= 0.6 is 27.0 Å². The molecule has 1 saturated carbocycles. The summed E-state index contributed by atoms with van der Waals surface area (Å²) in [6, 6.07) is 0.867. The Morgan fingerprint density at radius 1 is 1.07 bits per heavy atom. The van der Waals surface area contributed by atoms with Crippen molar-refractivity contribution in [1.82, 2.24) is 5.32 Å². The van der Waals surface area contributed by atoms with Crippen molar-refractivity contribution in [3.8, 4) is 0 Å².